The number of ether oxygens (including phenoxy) is 1. The number of benzene rings is 1. The molecule has 1 aromatic rings. The number of hydrogen-bond acceptors (Lipinski definition) is 3. The van der Waals surface area contributed by atoms with E-state index in [1.807, 2.05) is 0 Å². The smallest absolute Gasteiger partial charge is 0.124 e. The van der Waals surface area contributed by atoms with Crippen LogP contribution in [0.25, 0.3) is 0 Å². The molecule has 1 saturated carbocycles. The molecular formula is C22H34N2O. The molecule has 2 saturated heterocycles. The summed E-state index contributed by atoms with van der Waals surface area (Å²) in [5.74, 6) is 1.13. The van der Waals surface area contributed by atoms with Gasteiger partial charge in [-0.25, -0.2) is 0 Å². The van der Waals surface area contributed by atoms with E-state index in [1.54, 1.807) is 0 Å². The van der Waals surface area contributed by atoms with Crippen LogP contribution in [0.4, 0.5) is 0 Å². The molecule has 0 amide bonds. The van der Waals surface area contributed by atoms with Gasteiger partial charge < -0.3 is 10.1 Å². The molecule has 4 rings (SSSR count). The van der Waals surface area contributed by atoms with E-state index in [0.29, 0.717) is 11.5 Å². The van der Waals surface area contributed by atoms with Crippen molar-refractivity contribution >= 4 is 0 Å². The Morgan fingerprint density at radius 2 is 1.88 bits per heavy atom. The maximum Gasteiger partial charge on any atom is 0.124 e. The summed E-state index contributed by atoms with van der Waals surface area (Å²) < 4.78 is 6.43. The third-order valence-corrected chi connectivity index (χ3v) is 6.51. The molecule has 1 unspecified atom stereocenters. The normalized spacial score (nSPS) is 29.0. The van der Waals surface area contributed by atoms with E-state index >= 15 is 0 Å². The highest BCUT2D eigenvalue weighted by Gasteiger charge is 2.36. The highest BCUT2D eigenvalue weighted by molar-refractivity contribution is 5.33. The van der Waals surface area contributed by atoms with Crippen molar-refractivity contribution in [1.82, 2.24) is 10.2 Å². The zero-order chi connectivity index (χ0) is 17.0. The highest BCUT2D eigenvalue weighted by Crippen LogP contribution is 2.37. The zero-order valence-electron chi connectivity index (χ0n) is 15.6. The number of hydrogen-bond donors (Lipinski definition) is 1. The number of piperidine rings is 2. The number of para-hydroxylation sites is 1. The third-order valence-electron chi connectivity index (χ3n) is 6.51. The Bertz CT molecular complexity index is 541. The molecule has 3 heteroatoms. The van der Waals surface area contributed by atoms with Crippen LogP contribution in [0.5, 0.6) is 5.75 Å². The largest absolute Gasteiger partial charge is 0.490 e. The van der Waals surface area contributed by atoms with Crippen LogP contribution in [0.1, 0.15) is 63.4 Å². The summed E-state index contributed by atoms with van der Waals surface area (Å²) in [5, 5.41) is 3.64. The number of likely N-dealkylation sites (tertiary alicyclic amines) is 1. The van der Waals surface area contributed by atoms with Gasteiger partial charge in [-0.05, 0) is 75.9 Å². The van der Waals surface area contributed by atoms with Gasteiger partial charge in [0.2, 0.25) is 0 Å². The van der Waals surface area contributed by atoms with Crippen LogP contribution >= 0.6 is 0 Å². The van der Waals surface area contributed by atoms with E-state index in [-0.39, 0.29) is 0 Å². The van der Waals surface area contributed by atoms with E-state index in [4.69, 9.17) is 4.74 Å². The standard InChI is InChI=1S/C22H34N2O/c1-2-9-20(10-3-1)25-21-11-5-4-8-19(21)16-24-15-7-13-22(18-24)12-6-14-23-17-22/h4-5,8,11,20,23H,1-3,6-7,9-10,12-18H2. The van der Waals surface area contributed by atoms with Gasteiger partial charge in [0.05, 0.1) is 6.10 Å². The third kappa shape index (κ3) is 4.38. The maximum absolute atomic E-state index is 6.43. The molecule has 25 heavy (non-hydrogen) atoms. The first kappa shape index (κ1) is 17.4. The van der Waals surface area contributed by atoms with E-state index in [1.165, 1.54) is 89.5 Å². The molecule has 3 aliphatic rings. The van der Waals surface area contributed by atoms with Crippen molar-refractivity contribution in [3.8, 4) is 5.75 Å². The summed E-state index contributed by atoms with van der Waals surface area (Å²) in [6, 6.07) is 8.76. The maximum atomic E-state index is 6.43. The van der Waals surface area contributed by atoms with Crippen LogP contribution < -0.4 is 10.1 Å². The van der Waals surface area contributed by atoms with Crippen molar-refractivity contribution in [3.63, 3.8) is 0 Å². The van der Waals surface area contributed by atoms with Gasteiger partial charge in [-0.1, -0.05) is 24.6 Å². The number of nitrogens with one attached hydrogen (secondary N) is 1. The van der Waals surface area contributed by atoms with Gasteiger partial charge in [0.1, 0.15) is 5.75 Å². The molecule has 0 bridgehead atoms. The summed E-state index contributed by atoms with van der Waals surface area (Å²) in [5.41, 5.74) is 1.91. The summed E-state index contributed by atoms with van der Waals surface area (Å²) in [6.07, 6.45) is 12.4. The topological polar surface area (TPSA) is 24.5 Å². The molecular weight excluding hydrogens is 308 g/mol. The Morgan fingerprint density at radius 1 is 1.04 bits per heavy atom. The van der Waals surface area contributed by atoms with Gasteiger partial charge in [0, 0.05) is 25.2 Å². The summed E-state index contributed by atoms with van der Waals surface area (Å²) in [6.45, 7) is 5.95. The van der Waals surface area contributed by atoms with Gasteiger partial charge in [-0.15, -0.1) is 0 Å². The average molecular weight is 343 g/mol. The molecule has 1 N–H and O–H groups in total. The number of nitrogens with zero attached hydrogens (tertiary/aromatic N) is 1. The zero-order valence-corrected chi connectivity index (χ0v) is 15.6. The highest BCUT2D eigenvalue weighted by atomic mass is 16.5. The summed E-state index contributed by atoms with van der Waals surface area (Å²) in [7, 11) is 0. The predicted molar refractivity (Wildman–Crippen MR) is 103 cm³/mol. The lowest BCUT2D eigenvalue weighted by Crippen LogP contribution is -2.50. The molecule has 138 valence electrons. The van der Waals surface area contributed by atoms with Crippen molar-refractivity contribution in [1.29, 1.82) is 0 Å². The number of rotatable bonds is 4. The lowest BCUT2D eigenvalue weighted by molar-refractivity contribution is 0.0588. The Morgan fingerprint density at radius 3 is 2.72 bits per heavy atom. The SMILES string of the molecule is c1ccc(OC2CCCCC2)c(CN2CCCC3(CCCNC3)C2)c1. The van der Waals surface area contributed by atoms with Crippen LogP contribution in [0.3, 0.4) is 0 Å². The quantitative estimate of drug-likeness (QED) is 0.880. The Balaban J connectivity index is 1.41. The minimum atomic E-state index is 0.435. The first-order valence-electron chi connectivity index (χ1n) is 10.5. The molecule has 1 atom stereocenters. The Labute approximate surface area is 153 Å². The van der Waals surface area contributed by atoms with E-state index in [2.05, 4.69) is 34.5 Å². The minimum Gasteiger partial charge on any atom is -0.490 e. The summed E-state index contributed by atoms with van der Waals surface area (Å²) in [4.78, 5) is 2.68. The van der Waals surface area contributed by atoms with Crippen molar-refractivity contribution in [2.45, 2.75) is 70.4 Å². The van der Waals surface area contributed by atoms with Crippen molar-refractivity contribution < 1.29 is 4.74 Å². The molecule has 3 fully saturated rings. The minimum absolute atomic E-state index is 0.435. The van der Waals surface area contributed by atoms with Crippen LogP contribution in [-0.2, 0) is 6.54 Å². The van der Waals surface area contributed by atoms with E-state index < -0.39 is 0 Å². The molecule has 1 aliphatic carbocycles. The Hall–Kier alpha value is -1.06. The lowest BCUT2D eigenvalue weighted by atomic mass is 9.74. The van der Waals surface area contributed by atoms with Crippen molar-refractivity contribution in [3.05, 3.63) is 29.8 Å². The monoisotopic (exact) mass is 342 g/mol. The van der Waals surface area contributed by atoms with E-state index in [0.717, 1.165) is 12.3 Å². The lowest BCUT2D eigenvalue weighted by Gasteiger charge is -2.45. The van der Waals surface area contributed by atoms with Gasteiger partial charge >= 0.3 is 0 Å². The fraction of sp³-hybridized carbons (Fsp3) is 0.727. The predicted octanol–water partition coefficient (Wildman–Crippen LogP) is 4.36. The molecule has 3 nitrogen and oxygen atoms in total. The average Bonchev–Trinajstić information content (AvgIpc) is 2.65. The van der Waals surface area contributed by atoms with Crippen LogP contribution in [0.15, 0.2) is 24.3 Å². The molecule has 0 aromatic heterocycles. The summed E-state index contributed by atoms with van der Waals surface area (Å²) >= 11 is 0. The first-order chi connectivity index (χ1) is 12.3. The van der Waals surface area contributed by atoms with Crippen LogP contribution in [-0.4, -0.2) is 37.2 Å². The first-order valence-corrected chi connectivity index (χ1v) is 10.5. The van der Waals surface area contributed by atoms with E-state index in [9.17, 15) is 0 Å². The van der Waals surface area contributed by atoms with Gasteiger partial charge in [-0.2, -0.15) is 0 Å². The molecule has 1 aromatic carbocycles. The van der Waals surface area contributed by atoms with Crippen molar-refractivity contribution in [2.24, 2.45) is 5.41 Å². The van der Waals surface area contributed by atoms with Crippen LogP contribution in [0, 0.1) is 5.41 Å². The second kappa shape index (κ2) is 8.09. The molecule has 1 spiro atoms. The van der Waals surface area contributed by atoms with Gasteiger partial charge in [0.15, 0.2) is 0 Å². The van der Waals surface area contributed by atoms with Crippen molar-refractivity contribution in [2.75, 3.05) is 26.2 Å². The fourth-order valence-corrected chi connectivity index (χ4v) is 5.18. The molecule has 2 heterocycles. The molecule has 2 aliphatic heterocycles. The second-order valence-corrected chi connectivity index (χ2v) is 8.58. The molecule has 0 radical (unpaired) electrons. The fourth-order valence-electron chi connectivity index (χ4n) is 5.18. The van der Waals surface area contributed by atoms with Gasteiger partial charge in [0.25, 0.3) is 0 Å². The Kier molecular flexibility index (Phi) is 5.62. The van der Waals surface area contributed by atoms with Crippen LogP contribution in [0.2, 0.25) is 0 Å². The van der Waals surface area contributed by atoms with Gasteiger partial charge in [-0.3, -0.25) is 4.90 Å². The second-order valence-electron chi connectivity index (χ2n) is 8.58.